The first-order chi connectivity index (χ1) is 21.7. The van der Waals surface area contributed by atoms with Gasteiger partial charge >= 0.3 is 20.2 Å². The molecular weight excluding hydrogens is 655 g/mol. The molecule has 1 aliphatic carbocycles. The van der Waals surface area contributed by atoms with Crippen LogP contribution < -0.4 is 10.3 Å². The summed E-state index contributed by atoms with van der Waals surface area (Å²) >= 11 is 0. The molecule has 8 nitrogen and oxygen atoms in total. The third kappa shape index (κ3) is 5.74. The molecule has 3 aromatic rings. The lowest BCUT2D eigenvalue weighted by Crippen LogP contribution is -2.21. The lowest BCUT2D eigenvalue weighted by atomic mass is 9.93. The second kappa shape index (κ2) is 12.5. The molecule has 1 heterocycles. The number of halogens is 5. The van der Waals surface area contributed by atoms with Crippen molar-refractivity contribution in [3.8, 4) is 22.5 Å². The van der Waals surface area contributed by atoms with E-state index in [2.05, 4.69) is 13.5 Å². The number of hydrogen-bond donors (Lipinski definition) is 0. The Bertz CT molecular complexity index is 2220. The molecule has 15 heteroatoms. The van der Waals surface area contributed by atoms with Gasteiger partial charge in [-0.15, -0.1) is 3.63 Å². The van der Waals surface area contributed by atoms with E-state index in [0.717, 1.165) is 11.8 Å². The molecule has 0 unspecified atom stereocenters. The lowest BCUT2D eigenvalue weighted by molar-refractivity contribution is 0.352. The second-order valence-corrected chi connectivity index (χ2v) is 13.1. The molecular formula is C31H25F5N2O6S2. The maximum absolute atomic E-state index is 14.4. The first-order valence-corrected chi connectivity index (χ1v) is 16.6. The number of rotatable bonds is 9. The fourth-order valence-electron chi connectivity index (χ4n) is 5.11. The van der Waals surface area contributed by atoms with Gasteiger partial charge in [0.15, 0.2) is 28.2 Å². The molecule has 0 N–H and O–H groups in total. The SMILES string of the molecule is CCN=c1ccc2c(-c3ccccc3S(=O)(=O)OS(=O)(=O)c3c(F)c(F)c(F)c(F)c3F)c3ccc(N(CC)CC)cc3oc-2c1. The minimum atomic E-state index is -6.13. The van der Waals surface area contributed by atoms with Crippen molar-refractivity contribution in [2.24, 2.45) is 4.99 Å². The molecule has 0 aromatic heterocycles. The average molecular weight is 681 g/mol. The molecule has 242 valence electrons. The molecule has 0 fully saturated rings. The maximum Gasteiger partial charge on any atom is 0.317 e. The molecule has 0 bridgehead atoms. The zero-order valence-corrected chi connectivity index (χ0v) is 26.1. The number of fused-ring (bicyclic) bond motifs is 2. The summed E-state index contributed by atoms with van der Waals surface area (Å²) in [7, 11) is -11.6. The first kappa shape index (κ1) is 33.0. The highest BCUT2D eigenvalue weighted by Gasteiger charge is 2.38. The number of benzene rings is 4. The van der Waals surface area contributed by atoms with Crippen LogP contribution in [0.5, 0.6) is 0 Å². The first-order valence-electron chi connectivity index (χ1n) is 13.8. The lowest BCUT2D eigenvalue weighted by Gasteiger charge is -2.22. The molecule has 0 radical (unpaired) electrons. The van der Waals surface area contributed by atoms with Crippen molar-refractivity contribution in [2.75, 3.05) is 24.5 Å². The van der Waals surface area contributed by atoms with Crippen LogP contribution in [-0.4, -0.2) is 36.5 Å². The molecule has 3 aromatic carbocycles. The van der Waals surface area contributed by atoms with Crippen molar-refractivity contribution in [3.63, 3.8) is 0 Å². The highest BCUT2D eigenvalue weighted by atomic mass is 32.3. The quantitative estimate of drug-likeness (QED) is 0.0733. The fourth-order valence-corrected chi connectivity index (χ4v) is 7.92. The van der Waals surface area contributed by atoms with Gasteiger partial charge in [-0.1, -0.05) is 18.2 Å². The van der Waals surface area contributed by atoms with Crippen molar-refractivity contribution in [3.05, 3.63) is 95.1 Å². The topological polar surface area (TPSA) is 106 Å². The monoisotopic (exact) mass is 680 g/mol. The summed E-state index contributed by atoms with van der Waals surface area (Å²) in [6, 6.07) is 15.2. The standard InChI is InChI=1S/C31H25F5N2O6S2/c1-4-37-17-11-13-19-22(15-17)43-23-16-18(38(5-2)6-3)12-14-20(23)25(19)21-9-7-8-10-24(21)45(39,40)44-46(41,42)31-29(35)27(33)26(32)28(34)30(31)36/h7-16H,4-6H2,1-3H3. The second-order valence-electron chi connectivity index (χ2n) is 9.86. The molecule has 46 heavy (non-hydrogen) atoms. The van der Waals surface area contributed by atoms with Gasteiger partial charge in [-0.2, -0.15) is 16.8 Å². The van der Waals surface area contributed by atoms with Crippen LogP contribution in [0.15, 0.2) is 79.9 Å². The van der Waals surface area contributed by atoms with Crippen LogP contribution in [0.25, 0.3) is 33.4 Å². The summed E-state index contributed by atoms with van der Waals surface area (Å²) in [4.78, 5) is 3.21. The third-order valence-electron chi connectivity index (χ3n) is 7.18. The predicted molar refractivity (Wildman–Crippen MR) is 160 cm³/mol. The Labute approximate surface area is 261 Å². The Kier molecular flexibility index (Phi) is 8.94. The summed E-state index contributed by atoms with van der Waals surface area (Å²) in [5.74, 6) is -13.1. The van der Waals surface area contributed by atoms with E-state index in [4.69, 9.17) is 4.42 Å². The van der Waals surface area contributed by atoms with Gasteiger partial charge in [0.1, 0.15) is 16.2 Å². The zero-order chi connectivity index (χ0) is 33.6. The molecule has 0 saturated carbocycles. The number of anilines is 1. The van der Waals surface area contributed by atoms with E-state index >= 15 is 0 Å². The van der Waals surface area contributed by atoms with E-state index in [1.54, 1.807) is 36.4 Å². The van der Waals surface area contributed by atoms with Gasteiger partial charge < -0.3 is 9.32 Å². The minimum Gasteiger partial charge on any atom is -0.456 e. The van der Waals surface area contributed by atoms with Crippen molar-refractivity contribution in [2.45, 2.75) is 30.6 Å². The summed E-state index contributed by atoms with van der Waals surface area (Å²) in [6.45, 7) is 7.60. The normalized spacial score (nSPS) is 12.7. The third-order valence-corrected chi connectivity index (χ3v) is 10.4. The van der Waals surface area contributed by atoms with Gasteiger partial charge in [0, 0.05) is 59.5 Å². The summed E-state index contributed by atoms with van der Waals surface area (Å²) in [5.41, 5.74) is 1.70. The van der Waals surface area contributed by atoms with Crippen LogP contribution in [-0.2, 0) is 23.9 Å². The Morgan fingerprint density at radius 1 is 0.739 bits per heavy atom. The molecule has 5 rings (SSSR count). The van der Waals surface area contributed by atoms with Gasteiger partial charge in [-0.25, -0.2) is 22.0 Å². The average Bonchev–Trinajstić information content (AvgIpc) is 3.01. The van der Waals surface area contributed by atoms with Gasteiger partial charge in [-0.3, -0.25) is 4.99 Å². The highest BCUT2D eigenvalue weighted by Crippen LogP contribution is 2.43. The molecule has 0 amide bonds. The Morgan fingerprint density at radius 3 is 2.00 bits per heavy atom. The fraction of sp³-hybridized carbons (Fsp3) is 0.194. The highest BCUT2D eigenvalue weighted by molar-refractivity contribution is 8.00. The Morgan fingerprint density at radius 2 is 1.37 bits per heavy atom. The predicted octanol–water partition coefficient (Wildman–Crippen LogP) is 6.76. The molecule has 0 spiro atoms. The summed E-state index contributed by atoms with van der Waals surface area (Å²) in [6.07, 6.45) is 0. The minimum absolute atomic E-state index is 0.100. The Balaban J connectivity index is 1.77. The molecule has 1 aliphatic heterocycles. The van der Waals surface area contributed by atoms with E-state index in [-0.39, 0.29) is 11.1 Å². The van der Waals surface area contributed by atoms with Crippen molar-refractivity contribution in [1.82, 2.24) is 0 Å². The van der Waals surface area contributed by atoms with Crippen molar-refractivity contribution in [1.29, 1.82) is 0 Å². The van der Waals surface area contributed by atoms with Crippen LogP contribution in [0.4, 0.5) is 27.6 Å². The van der Waals surface area contributed by atoms with Crippen molar-refractivity contribution >= 4 is 36.9 Å². The smallest absolute Gasteiger partial charge is 0.317 e. The van der Waals surface area contributed by atoms with Crippen LogP contribution in [0.2, 0.25) is 0 Å². The van der Waals surface area contributed by atoms with Gasteiger partial charge in [0.25, 0.3) is 0 Å². The van der Waals surface area contributed by atoms with Gasteiger partial charge in [-0.05, 0) is 51.1 Å². The number of hydrogen-bond acceptors (Lipinski definition) is 8. The van der Waals surface area contributed by atoms with Crippen LogP contribution >= 0.6 is 0 Å². The van der Waals surface area contributed by atoms with E-state index in [1.165, 1.54) is 18.2 Å². The van der Waals surface area contributed by atoms with E-state index in [9.17, 15) is 38.8 Å². The number of nitrogens with zero attached hydrogens (tertiary/aromatic N) is 2. The van der Waals surface area contributed by atoms with Crippen molar-refractivity contribution < 1.29 is 46.8 Å². The van der Waals surface area contributed by atoms with Gasteiger partial charge in [0.2, 0.25) is 5.82 Å². The van der Waals surface area contributed by atoms with Crippen LogP contribution in [0.1, 0.15) is 20.8 Å². The molecule has 0 saturated heterocycles. The molecule has 0 atom stereocenters. The largest absolute Gasteiger partial charge is 0.456 e. The van der Waals surface area contributed by atoms with E-state index in [1.807, 2.05) is 20.8 Å². The van der Waals surface area contributed by atoms with E-state index < -0.39 is 59.1 Å². The maximum atomic E-state index is 14.4. The van der Waals surface area contributed by atoms with Crippen LogP contribution in [0, 0.1) is 29.1 Å². The Hall–Kier alpha value is -4.34. The zero-order valence-electron chi connectivity index (χ0n) is 24.4. The summed E-state index contributed by atoms with van der Waals surface area (Å²) in [5, 5.41) is 0.982. The molecule has 2 aliphatic rings. The van der Waals surface area contributed by atoms with E-state index in [0.29, 0.717) is 47.3 Å². The van der Waals surface area contributed by atoms with Crippen LogP contribution in [0.3, 0.4) is 0 Å². The summed E-state index contributed by atoms with van der Waals surface area (Å²) < 4.78 is 133. The van der Waals surface area contributed by atoms with Gasteiger partial charge in [0.05, 0.1) is 5.36 Å².